The molecular weight excluding hydrogens is 265 g/mol. The van der Waals surface area contributed by atoms with Crippen LogP contribution < -0.4 is 10.6 Å². The summed E-state index contributed by atoms with van der Waals surface area (Å²) in [6, 6.07) is 0. The number of carbonyl (C=O) groups is 1. The van der Waals surface area contributed by atoms with E-state index in [-0.39, 0.29) is 6.61 Å². The number of piperidine rings is 1. The minimum Gasteiger partial charge on any atom is -0.384 e. The van der Waals surface area contributed by atoms with Crippen LogP contribution in [0.2, 0.25) is 0 Å². The first kappa shape index (κ1) is 16.2. The number of amides is 1. The Hall–Kier alpha value is -0.860. The second-order valence-electron chi connectivity index (χ2n) is 4.73. The van der Waals surface area contributed by atoms with Gasteiger partial charge >= 0.3 is 6.18 Å². The molecule has 8 heteroatoms. The van der Waals surface area contributed by atoms with E-state index in [4.69, 9.17) is 9.84 Å². The van der Waals surface area contributed by atoms with Gasteiger partial charge in [-0.15, -0.1) is 0 Å². The molecule has 3 N–H and O–H groups in total. The van der Waals surface area contributed by atoms with Gasteiger partial charge in [-0.2, -0.15) is 13.2 Å². The van der Waals surface area contributed by atoms with E-state index in [0.717, 1.165) is 0 Å². The molecule has 1 unspecified atom stereocenters. The lowest BCUT2D eigenvalue weighted by atomic mass is 9.78. The Morgan fingerprint density at radius 2 is 2.05 bits per heavy atom. The minimum atomic E-state index is -4.73. The van der Waals surface area contributed by atoms with Gasteiger partial charge in [0.15, 0.2) is 6.10 Å². The molecule has 112 valence electrons. The van der Waals surface area contributed by atoms with E-state index in [1.165, 1.54) is 7.11 Å². The third-order valence-electron chi connectivity index (χ3n) is 3.30. The molecule has 1 rings (SSSR count). The van der Waals surface area contributed by atoms with Crippen LogP contribution in [0.4, 0.5) is 13.2 Å². The van der Waals surface area contributed by atoms with Crippen molar-refractivity contribution >= 4 is 5.91 Å². The Kier molecular flexibility index (Phi) is 5.57. The molecule has 1 amide bonds. The summed E-state index contributed by atoms with van der Waals surface area (Å²) in [5.41, 5.74) is -0.814. The molecule has 0 radical (unpaired) electrons. The molecule has 0 aromatic heterocycles. The number of rotatable bonds is 5. The second-order valence-corrected chi connectivity index (χ2v) is 4.73. The highest BCUT2D eigenvalue weighted by molar-refractivity contribution is 5.83. The van der Waals surface area contributed by atoms with Crippen molar-refractivity contribution < 1.29 is 27.8 Å². The molecule has 1 saturated heterocycles. The van der Waals surface area contributed by atoms with Gasteiger partial charge in [0.2, 0.25) is 5.91 Å². The summed E-state index contributed by atoms with van der Waals surface area (Å²) in [6.45, 7) is 0.543. The predicted octanol–water partition coefficient (Wildman–Crippen LogP) is 0.0420. The van der Waals surface area contributed by atoms with Crippen molar-refractivity contribution in [3.8, 4) is 0 Å². The van der Waals surface area contributed by atoms with Gasteiger partial charge in [0, 0.05) is 7.11 Å². The van der Waals surface area contributed by atoms with Crippen molar-refractivity contribution in [1.29, 1.82) is 0 Å². The van der Waals surface area contributed by atoms with E-state index in [0.29, 0.717) is 25.9 Å². The van der Waals surface area contributed by atoms with Crippen LogP contribution in [0.1, 0.15) is 12.8 Å². The molecular formula is C11H19F3N2O3. The maximum Gasteiger partial charge on any atom is 0.416 e. The second kappa shape index (κ2) is 6.53. The molecule has 5 nitrogen and oxygen atoms in total. The van der Waals surface area contributed by atoms with E-state index < -0.39 is 30.1 Å². The molecule has 1 aliphatic heterocycles. The Balaban J connectivity index is 2.58. The van der Waals surface area contributed by atoms with Crippen LogP contribution in [0.15, 0.2) is 0 Å². The average molecular weight is 284 g/mol. The van der Waals surface area contributed by atoms with Crippen molar-refractivity contribution in [2.75, 3.05) is 33.4 Å². The van der Waals surface area contributed by atoms with Crippen LogP contribution in [0.3, 0.4) is 0 Å². The number of hydrogen-bond donors (Lipinski definition) is 3. The molecule has 1 atom stereocenters. The largest absolute Gasteiger partial charge is 0.416 e. The van der Waals surface area contributed by atoms with Crippen molar-refractivity contribution in [3.63, 3.8) is 0 Å². The van der Waals surface area contributed by atoms with Crippen LogP contribution in [0.5, 0.6) is 0 Å². The highest BCUT2D eigenvalue weighted by Crippen LogP contribution is 2.29. The molecule has 0 bridgehead atoms. The van der Waals surface area contributed by atoms with Gasteiger partial charge in [-0.25, -0.2) is 0 Å². The Morgan fingerprint density at radius 3 is 2.53 bits per heavy atom. The lowest BCUT2D eigenvalue weighted by molar-refractivity contribution is -0.202. The molecule has 0 aliphatic carbocycles. The van der Waals surface area contributed by atoms with Crippen molar-refractivity contribution in [3.05, 3.63) is 0 Å². The zero-order chi connectivity index (χ0) is 14.5. The maximum atomic E-state index is 12.1. The fraction of sp³-hybridized carbons (Fsp3) is 0.909. The van der Waals surface area contributed by atoms with E-state index in [2.05, 4.69) is 10.6 Å². The number of ether oxygens (including phenoxy) is 1. The predicted molar refractivity (Wildman–Crippen MR) is 61.5 cm³/mol. The van der Waals surface area contributed by atoms with E-state index in [1.807, 2.05) is 0 Å². The minimum absolute atomic E-state index is 0.155. The van der Waals surface area contributed by atoms with E-state index in [9.17, 15) is 18.0 Å². The average Bonchev–Trinajstić information content (AvgIpc) is 2.35. The molecule has 0 spiro atoms. The zero-order valence-electron chi connectivity index (χ0n) is 10.7. The topological polar surface area (TPSA) is 70.6 Å². The summed E-state index contributed by atoms with van der Waals surface area (Å²) >= 11 is 0. The van der Waals surface area contributed by atoms with Gasteiger partial charge in [-0.3, -0.25) is 4.79 Å². The number of nitrogens with one attached hydrogen (secondary N) is 2. The number of aliphatic hydroxyl groups excluding tert-OH is 1. The molecule has 0 aromatic rings. The Labute approximate surface area is 109 Å². The third-order valence-corrected chi connectivity index (χ3v) is 3.30. The van der Waals surface area contributed by atoms with Crippen LogP contribution in [-0.2, 0) is 9.53 Å². The van der Waals surface area contributed by atoms with Crippen LogP contribution in [0, 0.1) is 5.41 Å². The SMILES string of the molecule is COCC1(C(=O)NCC(O)C(F)(F)F)CCNCC1. The summed E-state index contributed by atoms with van der Waals surface area (Å²) in [6.07, 6.45) is -6.28. The number of carbonyl (C=O) groups excluding carboxylic acids is 1. The molecule has 1 heterocycles. The quantitative estimate of drug-likeness (QED) is 0.667. The summed E-state index contributed by atoms with van der Waals surface area (Å²) in [4.78, 5) is 12.0. The van der Waals surface area contributed by atoms with Crippen molar-refractivity contribution in [2.45, 2.75) is 25.1 Å². The van der Waals surface area contributed by atoms with Crippen LogP contribution in [0.25, 0.3) is 0 Å². The van der Waals surface area contributed by atoms with Gasteiger partial charge in [-0.1, -0.05) is 0 Å². The van der Waals surface area contributed by atoms with Crippen molar-refractivity contribution in [2.24, 2.45) is 5.41 Å². The highest BCUT2D eigenvalue weighted by atomic mass is 19.4. The monoisotopic (exact) mass is 284 g/mol. The maximum absolute atomic E-state index is 12.1. The summed E-state index contributed by atoms with van der Waals surface area (Å²) in [5.74, 6) is -0.501. The normalized spacial score (nSPS) is 20.9. The van der Waals surface area contributed by atoms with Crippen LogP contribution in [-0.4, -0.2) is 56.6 Å². The van der Waals surface area contributed by atoms with Gasteiger partial charge in [0.05, 0.1) is 18.6 Å². The fourth-order valence-corrected chi connectivity index (χ4v) is 2.11. The summed E-state index contributed by atoms with van der Waals surface area (Å²) in [7, 11) is 1.45. The zero-order valence-corrected chi connectivity index (χ0v) is 10.7. The van der Waals surface area contributed by atoms with Crippen LogP contribution >= 0.6 is 0 Å². The number of hydrogen-bond acceptors (Lipinski definition) is 4. The van der Waals surface area contributed by atoms with Gasteiger partial charge in [0.25, 0.3) is 0 Å². The first-order valence-corrected chi connectivity index (χ1v) is 6.04. The van der Waals surface area contributed by atoms with Gasteiger partial charge in [0.1, 0.15) is 0 Å². The Morgan fingerprint density at radius 1 is 1.47 bits per heavy atom. The lowest BCUT2D eigenvalue weighted by Gasteiger charge is -2.35. The lowest BCUT2D eigenvalue weighted by Crippen LogP contribution is -2.52. The summed E-state index contributed by atoms with van der Waals surface area (Å²) in [5, 5.41) is 14.1. The molecule has 1 fully saturated rings. The number of methoxy groups -OCH3 is 1. The molecule has 19 heavy (non-hydrogen) atoms. The first-order valence-electron chi connectivity index (χ1n) is 6.04. The standard InChI is InChI=1S/C11H19F3N2O3/c1-19-7-10(2-4-15-5-3-10)9(18)16-6-8(17)11(12,13)14/h8,15,17H,2-7H2,1H3,(H,16,18). The van der Waals surface area contributed by atoms with E-state index in [1.54, 1.807) is 0 Å². The Bertz CT molecular complexity index is 299. The van der Waals surface area contributed by atoms with E-state index >= 15 is 0 Å². The van der Waals surface area contributed by atoms with Gasteiger partial charge < -0.3 is 20.5 Å². The third kappa shape index (κ3) is 4.32. The summed E-state index contributed by atoms with van der Waals surface area (Å²) < 4.78 is 41.5. The fourth-order valence-electron chi connectivity index (χ4n) is 2.11. The number of alkyl halides is 3. The first-order chi connectivity index (χ1) is 8.82. The molecule has 1 aliphatic rings. The number of halogens is 3. The number of aliphatic hydroxyl groups is 1. The van der Waals surface area contributed by atoms with Crippen molar-refractivity contribution in [1.82, 2.24) is 10.6 Å². The molecule has 0 aromatic carbocycles. The highest BCUT2D eigenvalue weighted by Gasteiger charge is 2.42. The smallest absolute Gasteiger partial charge is 0.384 e. The molecule has 0 saturated carbocycles. The van der Waals surface area contributed by atoms with Gasteiger partial charge in [-0.05, 0) is 25.9 Å².